The molecule has 7 heteroatoms. The number of carbonyl (C=O) groups excluding carboxylic acids is 1. The molecule has 0 radical (unpaired) electrons. The lowest BCUT2D eigenvalue weighted by atomic mass is 10.1. The largest absolute Gasteiger partial charge is 0.497 e. The molecule has 0 aliphatic heterocycles. The molecule has 0 atom stereocenters. The highest BCUT2D eigenvalue weighted by Gasteiger charge is 2.15. The van der Waals surface area contributed by atoms with E-state index in [9.17, 15) is 4.79 Å². The van der Waals surface area contributed by atoms with Crippen LogP contribution in [0.3, 0.4) is 0 Å². The van der Waals surface area contributed by atoms with Crippen LogP contribution in [0.5, 0.6) is 5.75 Å². The van der Waals surface area contributed by atoms with Crippen LogP contribution < -0.4 is 10.1 Å². The third kappa shape index (κ3) is 4.20. The lowest BCUT2D eigenvalue weighted by Crippen LogP contribution is -2.25. The summed E-state index contributed by atoms with van der Waals surface area (Å²) in [6.07, 6.45) is 3.60. The van der Waals surface area contributed by atoms with E-state index in [2.05, 4.69) is 21.5 Å². The van der Waals surface area contributed by atoms with E-state index in [-0.39, 0.29) is 5.91 Å². The second-order valence-corrected chi connectivity index (χ2v) is 7.46. The Morgan fingerprint density at radius 2 is 2.03 bits per heavy atom. The molecular weight excluding hydrogens is 384 g/mol. The molecule has 6 nitrogen and oxygen atoms in total. The summed E-state index contributed by atoms with van der Waals surface area (Å²) in [6, 6.07) is 15.5. The topological polar surface area (TPSA) is 69.0 Å². The van der Waals surface area contributed by atoms with Crippen LogP contribution in [0.4, 0.5) is 0 Å². The predicted octanol–water partition coefficient (Wildman–Crippen LogP) is 4.15. The average molecular weight is 404 g/mol. The highest BCUT2D eigenvalue weighted by atomic mass is 32.1. The number of nitrogens with zero attached hydrogens (tertiary/aromatic N) is 3. The number of amides is 1. The van der Waals surface area contributed by atoms with Gasteiger partial charge in [-0.15, -0.1) is 11.3 Å². The molecule has 0 spiro atoms. The van der Waals surface area contributed by atoms with Gasteiger partial charge >= 0.3 is 0 Å². The van der Waals surface area contributed by atoms with Gasteiger partial charge in [0, 0.05) is 42.0 Å². The molecule has 4 aromatic rings. The van der Waals surface area contributed by atoms with Gasteiger partial charge in [-0.05, 0) is 41.3 Å². The second-order valence-electron chi connectivity index (χ2n) is 6.51. The minimum absolute atomic E-state index is 0.185. The van der Waals surface area contributed by atoms with Gasteiger partial charge in [0.25, 0.3) is 5.91 Å². The molecule has 29 heavy (non-hydrogen) atoms. The highest BCUT2D eigenvalue weighted by Crippen LogP contribution is 2.25. The lowest BCUT2D eigenvalue weighted by molar-refractivity contribution is 0.0941. The van der Waals surface area contributed by atoms with E-state index in [0.717, 1.165) is 33.0 Å². The number of aryl methyl sites for hydroxylation is 1. The van der Waals surface area contributed by atoms with Crippen LogP contribution in [0, 0.1) is 0 Å². The number of rotatable bonds is 6. The quantitative estimate of drug-likeness (QED) is 0.524. The van der Waals surface area contributed by atoms with E-state index in [1.807, 2.05) is 48.0 Å². The number of aromatic nitrogens is 3. The maximum atomic E-state index is 12.7. The third-order valence-electron chi connectivity index (χ3n) is 4.53. The molecule has 146 valence electrons. The van der Waals surface area contributed by atoms with Crippen LogP contribution in [0.1, 0.15) is 16.1 Å². The summed E-state index contributed by atoms with van der Waals surface area (Å²) in [5.74, 6) is 0.563. The first-order valence-electron chi connectivity index (χ1n) is 9.08. The number of methoxy groups -OCH3 is 1. The van der Waals surface area contributed by atoms with E-state index < -0.39 is 0 Å². The molecule has 0 aliphatic rings. The molecule has 0 saturated carbocycles. The predicted molar refractivity (Wildman–Crippen MR) is 114 cm³/mol. The van der Waals surface area contributed by atoms with E-state index in [1.165, 1.54) is 0 Å². The molecule has 1 N–H and O–H groups in total. The smallest absolute Gasteiger partial charge is 0.269 e. The van der Waals surface area contributed by atoms with Crippen LogP contribution >= 0.6 is 11.3 Å². The van der Waals surface area contributed by atoms with Gasteiger partial charge in [-0.2, -0.15) is 5.10 Å². The van der Waals surface area contributed by atoms with Gasteiger partial charge in [-0.25, -0.2) is 0 Å². The van der Waals surface area contributed by atoms with Crippen LogP contribution in [-0.4, -0.2) is 27.8 Å². The molecule has 0 bridgehead atoms. The maximum absolute atomic E-state index is 12.7. The van der Waals surface area contributed by atoms with E-state index >= 15 is 0 Å². The Bertz CT molecular complexity index is 1140. The first-order valence-corrected chi connectivity index (χ1v) is 9.96. The number of carbonyl (C=O) groups is 1. The summed E-state index contributed by atoms with van der Waals surface area (Å²) >= 11 is 1.66. The Labute approximate surface area is 172 Å². The van der Waals surface area contributed by atoms with Gasteiger partial charge < -0.3 is 10.1 Å². The van der Waals surface area contributed by atoms with Gasteiger partial charge in [-0.1, -0.05) is 18.2 Å². The fourth-order valence-corrected chi connectivity index (χ4v) is 3.75. The molecule has 1 amide bonds. The zero-order chi connectivity index (χ0) is 20.2. The molecule has 0 unspecified atom stereocenters. The summed E-state index contributed by atoms with van der Waals surface area (Å²) in [5, 5.41) is 9.46. The van der Waals surface area contributed by atoms with Crippen LogP contribution in [0.2, 0.25) is 0 Å². The molecular formula is C22H20N4O2S. The van der Waals surface area contributed by atoms with E-state index in [0.29, 0.717) is 12.2 Å². The summed E-state index contributed by atoms with van der Waals surface area (Å²) in [4.78, 5) is 18.2. The number of benzene rings is 1. The maximum Gasteiger partial charge on any atom is 0.269 e. The second kappa shape index (κ2) is 8.28. The fraction of sp³-hybridized carbons (Fsp3) is 0.136. The van der Waals surface area contributed by atoms with E-state index in [1.54, 1.807) is 42.4 Å². The number of ether oxygens (including phenoxy) is 1. The number of nitrogens with one attached hydrogen (secondary N) is 1. The highest BCUT2D eigenvalue weighted by molar-refractivity contribution is 7.13. The first-order chi connectivity index (χ1) is 14.1. The van der Waals surface area contributed by atoms with Gasteiger partial charge in [0.1, 0.15) is 11.4 Å². The van der Waals surface area contributed by atoms with Crippen molar-refractivity contribution in [1.29, 1.82) is 0 Å². The Balaban J connectivity index is 1.48. The van der Waals surface area contributed by atoms with Crippen molar-refractivity contribution in [2.75, 3.05) is 7.11 Å². The van der Waals surface area contributed by atoms with Crippen molar-refractivity contribution < 1.29 is 9.53 Å². The molecule has 0 fully saturated rings. The van der Waals surface area contributed by atoms with Gasteiger partial charge in [-0.3, -0.25) is 14.5 Å². The van der Waals surface area contributed by atoms with Gasteiger partial charge in [0.2, 0.25) is 0 Å². The summed E-state index contributed by atoms with van der Waals surface area (Å²) in [6.45, 7) is 0.394. The molecule has 3 heterocycles. The van der Waals surface area contributed by atoms with Crippen molar-refractivity contribution in [3.8, 4) is 27.4 Å². The SMILES string of the molecule is COc1cccc(-c2cc(C(=O)NCc3cncc(-c4cccs4)c3)n(C)n2)c1. The molecule has 0 aliphatic carbocycles. The Kier molecular flexibility index (Phi) is 5.39. The molecule has 0 saturated heterocycles. The van der Waals surface area contributed by atoms with Crippen LogP contribution in [0.15, 0.2) is 66.3 Å². The van der Waals surface area contributed by atoms with Crippen LogP contribution in [0.25, 0.3) is 21.7 Å². The molecule has 3 aromatic heterocycles. The fourth-order valence-electron chi connectivity index (χ4n) is 3.04. The van der Waals surface area contributed by atoms with Crippen molar-refractivity contribution in [3.05, 3.63) is 77.6 Å². The normalized spacial score (nSPS) is 10.7. The Morgan fingerprint density at radius 1 is 1.14 bits per heavy atom. The number of hydrogen-bond acceptors (Lipinski definition) is 5. The average Bonchev–Trinajstić information content (AvgIpc) is 3.42. The van der Waals surface area contributed by atoms with Crippen molar-refractivity contribution >= 4 is 17.2 Å². The number of hydrogen-bond donors (Lipinski definition) is 1. The monoisotopic (exact) mass is 404 g/mol. The lowest BCUT2D eigenvalue weighted by Gasteiger charge is -2.06. The van der Waals surface area contributed by atoms with Crippen molar-refractivity contribution in [2.24, 2.45) is 7.05 Å². The van der Waals surface area contributed by atoms with E-state index in [4.69, 9.17) is 4.74 Å². The summed E-state index contributed by atoms with van der Waals surface area (Å²) in [5.41, 5.74) is 4.10. The molecule has 4 rings (SSSR count). The van der Waals surface area contributed by atoms with Crippen molar-refractivity contribution in [3.63, 3.8) is 0 Å². The van der Waals surface area contributed by atoms with Gasteiger partial charge in [0.05, 0.1) is 12.8 Å². The molecule has 1 aromatic carbocycles. The number of thiophene rings is 1. The summed E-state index contributed by atoms with van der Waals surface area (Å²) in [7, 11) is 3.39. The van der Waals surface area contributed by atoms with Crippen molar-refractivity contribution in [1.82, 2.24) is 20.1 Å². The summed E-state index contributed by atoms with van der Waals surface area (Å²) < 4.78 is 6.85. The van der Waals surface area contributed by atoms with Crippen LogP contribution in [-0.2, 0) is 13.6 Å². The first kappa shape index (κ1) is 18.9. The van der Waals surface area contributed by atoms with Crippen molar-refractivity contribution in [2.45, 2.75) is 6.54 Å². The number of pyridine rings is 1. The Hall–Kier alpha value is -3.45. The zero-order valence-electron chi connectivity index (χ0n) is 16.1. The minimum atomic E-state index is -0.185. The standard InChI is InChI=1S/C22H20N4O2S/c1-26-20(11-19(25-26)16-5-3-6-18(10-16)28-2)22(27)24-13-15-9-17(14-23-12-15)21-7-4-8-29-21/h3-12,14H,13H2,1-2H3,(H,24,27). The third-order valence-corrected chi connectivity index (χ3v) is 5.45. The zero-order valence-corrected chi connectivity index (χ0v) is 16.9. The van der Waals surface area contributed by atoms with Gasteiger partial charge in [0.15, 0.2) is 0 Å². The minimum Gasteiger partial charge on any atom is -0.497 e. The Morgan fingerprint density at radius 3 is 2.83 bits per heavy atom.